The number of ether oxygens (including phenoxy) is 2. The van der Waals surface area contributed by atoms with Gasteiger partial charge in [-0.1, -0.05) is 30.3 Å². The van der Waals surface area contributed by atoms with Crippen LogP contribution in [0.3, 0.4) is 0 Å². The van der Waals surface area contributed by atoms with E-state index in [9.17, 15) is 24.0 Å². The average Bonchev–Trinajstić information content (AvgIpc) is 2.78. The quantitative estimate of drug-likeness (QED) is 0.200. The van der Waals surface area contributed by atoms with Crippen LogP contribution >= 0.6 is 11.8 Å². The zero-order chi connectivity index (χ0) is 23.7. The van der Waals surface area contributed by atoms with E-state index in [1.165, 1.54) is 18.9 Å². The highest BCUT2D eigenvalue weighted by molar-refractivity contribution is 8.02. The van der Waals surface area contributed by atoms with Gasteiger partial charge in [-0.05, 0) is 17.9 Å². The molecule has 3 atom stereocenters. The monoisotopic (exact) mass is 464 g/mol. The van der Waals surface area contributed by atoms with E-state index in [1.807, 2.05) is 0 Å². The Morgan fingerprint density at radius 1 is 1.28 bits per heavy atom. The maximum Gasteiger partial charge on any atom is 0.323 e. The van der Waals surface area contributed by atoms with Gasteiger partial charge in [-0.25, -0.2) is 0 Å². The molecule has 10 nitrogen and oxygen atoms in total. The molecule has 1 aliphatic heterocycles. The Kier molecular flexibility index (Phi) is 9.26. The minimum absolute atomic E-state index is 0.150. The van der Waals surface area contributed by atoms with Crippen LogP contribution in [0.15, 0.2) is 41.3 Å². The predicted octanol–water partition coefficient (Wildman–Crippen LogP) is 0.881. The van der Waals surface area contributed by atoms with E-state index in [0.717, 1.165) is 4.90 Å². The van der Waals surface area contributed by atoms with Crippen molar-refractivity contribution in [3.8, 4) is 0 Å². The van der Waals surface area contributed by atoms with Crippen LogP contribution in [0.2, 0.25) is 0 Å². The van der Waals surface area contributed by atoms with Gasteiger partial charge in [0.1, 0.15) is 12.6 Å². The minimum Gasteiger partial charge on any atom is -0.480 e. The minimum atomic E-state index is -1.26. The van der Waals surface area contributed by atoms with E-state index in [-0.39, 0.29) is 18.9 Å². The van der Waals surface area contributed by atoms with Gasteiger partial charge in [0.25, 0.3) is 12.4 Å². The maximum absolute atomic E-state index is 12.8. The van der Waals surface area contributed by atoms with Crippen LogP contribution in [0.1, 0.15) is 25.0 Å². The van der Waals surface area contributed by atoms with Crippen LogP contribution in [0.5, 0.6) is 0 Å². The van der Waals surface area contributed by atoms with Gasteiger partial charge in [0.2, 0.25) is 12.0 Å². The summed E-state index contributed by atoms with van der Waals surface area (Å²) < 4.78 is 9.50. The van der Waals surface area contributed by atoms with Gasteiger partial charge >= 0.3 is 11.9 Å². The van der Waals surface area contributed by atoms with Gasteiger partial charge in [-0.2, -0.15) is 0 Å². The lowest BCUT2D eigenvalue weighted by atomic mass is 9.89. The number of aliphatic carboxylic acids is 1. The van der Waals surface area contributed by atoms with Gasteiger partial charge < -0.3 is 24.8 Å². The Labute approximate surface area is 188 Å². The summed E-state index contributed by atoms with van der Waals surface area (Å²) in [6.45, 7) is 1.32. The van der Waals surface area contributed by atoms with Crippen molar-refractivity contribution in [2.45, 2.75) is 31.5 Å². The third-order valence-electron chi connectivity index (χ3n) is 4.72. The summed E-state index contributed by atoms with van der Waals surface area (Å²) in [6.07, 6.45) is -1.07. The third-order valence-corrected chi connectivity index (χ3v) is 5.70. The van der Waals surface area contributed by atoms with Crippen molar-refractivity contribution in [1.82, 2.24) is 10.2 Å². The van der Waals surface area contributed by atoms with Gasteiger partial charge in [0.15, 0.2) is 0 Å². The Bertz CT molecular complexity index is 889. The molecule has 0 bridgehead atoms. The van der Waals surface area contributed by atoms with E-state index in [2.05, 4.69) is 10.1 Å². The van der Waals surface area contributed by atoms with Crippen LogP contribution in [0.25, 0.3) is 0 Å². The molecule has 2 amide bonds. The van der Waals surface area contributed by atoms with Crippen molar-refractivity contribution in [2.75, 3.05) is 19.4 Å². The van der Waals surface area contributed by atoms with E-state index < -0.39 is 42.5 Å². The summed E-state index contributed by atoms with van der Waals surface area (Å²) in [5.74, 6) is -2.37. The molecule has 0 aromatic heterocycles. The van der Waals surface area contributed by atoms with E-state index >= 15 is 0 Å². The molecule has 1 saturated heterocycles. The summed E-state index contributed by atoms with van der Waals surface area (Å²) in [7, 11) is 1.29. The molecule has 1 aromatic carbocycles. The topological polar surface area (TPSA) is 139 Å². The first-order chi connectivity index (χ1) is 15.3. The number of methoxy groups -OCH3 is 1. The normalized spacial score (nSPS) is 18.9. The Balaban J connectivity index is 2.15. The number of amides is 2. The van der Waals surface area contributed by atoms with E-state index in [4.69, 9.17) is 9.84 Å². The molecule has 32 heavy (non-hydrogen) atoms. The van der Waals surface area contributed by atoms with Gasteiger partial charge in [-0.15, -0.1) is 11.8 Å². The molecule has 2 N–H and O–H groups in total. The van der Waals surface area contributed by atoms with Crippen LogP contribution in [0, 0.1) is 0 Å². The van der Waals surface area contributed by atoms with Crippen LogP contribution in [-0.2, 0) is 33.4 Å². The van der Waals surface area contributed by atoms with Crippen LogP contribution in [0.4, 0.5) is 0 Å². The SMILES string of the molecule is COC(=O)CCSC=C(C)C1C(NC(=O)C(OC=O)c2ccccc2)C(=O)N1CC(=O)O. The molecule has 0 aliphatic carbocycles. The standard InChI is InChI=1S/C21H24N2O8S/c1-13(11-32-9-8-16(27)30-2)18-17(21(29)23(18)10-15(25)26)22-20(28)19(31-12-24)14-6-4-3-5-7-14/h3-7,11-12,17-19H,8-10H2,1-2H3,(H,22,28)(H,25,26). The fourth-order valence-electron chi connectivity index (χ4n) is 3.23. The number of hydrogen-bond donors (Lipinski definition) is 2. The molecule has 1 heterocycles. The highest BCUT2D eigenvalue weighted by Gasteiger charge is 2.50. The molecule has 1 aliphatic rings. The Morgan fingerprint density at radius 3 is 2.56 bits per heavy atom. The van der Waals surface area contributed by atoms with Crippen LogP contribution in [-0.4, -0.2) is 71.7 Å². The number of carboxylic acid groups (broad SMARTS) is 1. The second-order valence-electron chi connectivity index (χ2n) is 6.87. The lowest BCUT2D eigenvalue weighted by Gasteiger charge is -2.47. The van der Waals surface area contributed by atoms with Gasteiger partial charge in [-0.3, -0.25) is 24.0 Å². The smallest absolute Gasteiger partial charge is 0.323 e. The summed E-state index contributed by atoms with van der Waals surface area (Å²) in [5.41, 5.74) is 1.06. The molecule has 0 spiro atoms. The number of thioether (sulfide) groups is 1. The number of esters is 1. The second-order valence-corrected chi connectivity index (χ2v) is 7.85. The largest absolute Gasteiger partial charge is 0.480 e. The number of carboxylic acids is 1. The highest BCUT2D eigenvalue weighted by Crippen LogP contribution is 2.29. The number of rotatable bonds is 12. The molecule has 0 saturated carbocycles. The zero-order valence-electron chi connectivity index (χ0n) is 17.6. The fraction of sp³-hybridized carbons (Fsp3) is 0.381. The number of likely N-dealkylation sites (tertiary alicyclic amines) is 1. The number of β-lactam (4-membered cyclic amide) rings is 1. The fourth-order valence-corrected chi connectivity index (χ4v) is 4.03. The third kappa shape index (κ3) is 6.33. The lowest BCUT2D eigenvalue weighted by Crippen LogP contribution is -2.72. The van der Waals surface area contributed by atoms with Crippen molar-refractivity contribution in [2.24, 2.45) is 0 Å². The molecule has 172 valence electrons. The maximum atomic E-state index is 12.8. The van der Waals surface area contributed by atoms with Crippen molar-refractivity contribution >= 4 is 42.0 Å². The zero-order valence-corrected chi connectivity index (χ0v) is 18.4. The number of hydrogen-bond acceptors (Lipinski definition) is 8. The van der Waals surface area contributed by atoms with Gasteiger partial charge in [0, 0.05) is 11.3 Å². The molecule has 1 fully saturated rings. The van der Waals surface area contributed by atoms with Gasteiger partial charge in [0.05, 0.1) is 19.6 Å². The summed E-state index contributed by atoms with van der Waals surface area (Å²) in [5, 5.41) is 13.4. The molecular formula is C21H24N2O8S. The van der Waals surface area contributed by atoms with E-state index in [1.54, 1.807) is 42.7 Å². The number of carbonyl (C=O) groups is 5. The second kappa shape index (κ2) is 11.9. The Morgan fingerprint density at radius 2 is 1.97 bits per heavy atom. The molecule has 3 unspecified atom stereocenters. The number of benzene rings is 1. The summed E-state index contributed by atoms with van der Waals surface area (Å²) in [6, 6.07) is 6.59. The van der Waals surface area contributed by atoms with Crippen molar-refractivity contribution in [3.63, 3.8) is 0 Å². The van der Waals surface area contributed by atoms with E-state index in [0.29, 0.717) is 16.9 Å². The first-order valence-corrected chi connectivity index (χ1v) is 10.7. The molecule has 2 rings (SSSR count). The molecule has 1 aromatic rings. The van der Waals surface area contributed by atoms with Crippen molar-refractivity contribution in [1.29, 1.82) is 0 Å². The lowest BCUT2D eigenvalue weighted by molar-refractivity contribution is -0.159. The molecule has 11 heteroatoms. The predicted molar refractivity (Wildman–Crippen MR) is 114 cm³/mol. The molecule has 0 radical (unpaired) electrons. The number of nitrogens with one attached hydrogen (secondary N) is 1. The highest BCUT2D eigenvalue weighted by atomic mass is 32.2. The first-order valence-electron chi connectivity index (χ1n) is 9.62. The summed E-state index contributed by atoms with van der Waals surface area (Å²) in [4.78, 5) is 59.8. The number of carbonyl (C=O) groups excluding carboxylic acids is 4. The van der Waals surface area contributed by atoms with Crippen molar-refractivity contribution in [3.05, 3.63) is 46.9 Å². The average molecular weight is 464 g/mol. The number of nitrogens with zero attached hydrogens (tertiary/aromatic N) is 1. The van der Waals surface area contributed by atoms with Crippen molar-refractivity contribution < 1.29 is 38.6 Å². The van der Waals surface area contributed by atoms with Crippen LogP contribution < -0.4 is 5.32 Å². The first kappa shape index (κ1) is 24.9. The molecular weight excluding hydrogens is 440 g/mol. The summed E-state index contributed by atoms with van der Waals surface area (Å²) >= 11 is 1.31. The Hall–Kier alpha value is -3.34.